The maximum absolute atomic E-state index is 5.48. The minimum Gasteiger partial charge on any atom is -0.493 e. The minimum atomic E-state index is 0.503. The number of nitrogens with zero attached hydrogens (tertiary/aromatic N) is 2. The number of rotatable bonds is 5. The molecular weight excluding hydrogens is 310 g/mol. The molecule has 1 aromatic heterocycles. The highest BCUT2D eigenvalue weighted by molar-refractivity contribution is 7.74. The molecule has 0 atom stereocenters. The fourth-order valence-corrected chi connectivity index (χ4v) is 3.08. The monoisotopic (exact) mass is 327 g/mol. The Hall–Kier alpha value is -1.64. The van der Waals surface area contributed by atoms with Crippen molar-refractivity contribution >= 4 is 39.6 Å². The number of anilines is 1. The van der Waals surface area contributed by atoms with Crippen LogP contribution >= 0.6 is 23.6 Å². The van der Waals surface area contributed by atoms with Crippen molar-refractivity contribution < 1.29 is 14.2 Å². The van der Waals surface area contributed by atoms with Gasteiger partial charge in [-0.05, 0) is 6.07 Å². The third kappa shape index (κ3) is 2.74. The number of hydrogen-bond acceptors (Lipinski definition) is 8. The zero-order valence-electron chi connectivity index (χ0n) is 12.5. The Kier molecular flexibility index (Phi) is 4.81. The molecule has 1 aromatic carbocycles. The second-order valence-corrected chi connectivity index (χ2v) is 5.75. The van der Waals surface area contributed by atoms with Crippen molar-refractivity contribution in [1.82, 2.24) is 10.4 Å². The summed E-state index contributed by atoms with van der Waals surface area (Å²) in [7, 11) is 8.39. The lowest BCUT2D eigenvalue weighted by Gasteiger charge is -2.18. The summed E-state index contributed by atoms with van der Waals surface area (Å²) in [5, 5.41) is 3.33. The number of ether oxygens (including phenoxy) is 3. The summed E-state index contributed by atoms with van der Waals surface area (Å²) in [5.74, 6) is 1.58. The van der Waals surface area contributed by atoms with Crippen molar-refractivity contribution in [3.05, 3.63) is 9.89 Å². The molecule has 0 aliphatic rings. The molecule has 0 aliphatic heterocycles. The second kappa shape index (κ2) is 6.42. The number of hydrogen-bond donors (Lipinski definition) is 1. The van der Waals surface area contributed by atoms with E-state index >= 15 is 0 Å². The van der Waals surface area contributed by atoms with Gasteiger partial charge in [0.2, 0.25) is 10.9 Å². The zero-order chi connectivity index (χ0) is 15.6. The fourth-order valence-electron chi connectivity index (χ4n) is 1.90. The summed E-state index contributed by atoms with van der Waals surface area (Å²) in [6.07, 6.45) is 0. The lowest BCUT2D eigenvalue weighted by Crippen LogP contribution is -2.30. The second-order valence-electron chi connectivity index (χ2n) is 4.11. The van der Waals surface area contributed by atoms with Crippen LogP contribution in [0.25, 0.3) is 10.9 Å². The van der Waals surface area contributed by atoms with Gasteiger partial charge >= 0.3 is 0 Å². The number of hydrazine groups is 1. The molecule has 0 amide bonds. The molecule has 0 radical (unpaired) electrons. The summed E-state index contributed by atoms with van der Waals surface area (Å²) in [5.41, 5.74) is 3.65. The number of methoxy groups -OCH3 is 3. The number of benzene rings is 1. The quantitative estimate of drug-likeness (QED) is 0.669. The van der Waals surface area contributed by atoms with Crippen LogP contribution in [-0.4, -0.2) is 40.4 Å². The van der Waals surface area contributed by atoms with Gasteiger partial charge in [0.1, 0.15) is 9.34 Å². The smallest absolute Gasteiger partial charge is 0.205 e. The maximum atomic E-state index is 5.48. The van der Waals surface area contributed by atoms with Crippen molar-refractivity contribution in [2.45, 2.75) is 0 Å². The number of fused-ring (bicyclic) bond motifs is 1. The van der Waals surface area contributed by atoms with Crippen LogP contribution in [0.4, 0.5) is 5.13 Å². The first-order valence-corrected chi connectivity index (χ1v) is 7.34. The first-order valence-electron chi connectivity index (χ1n) is 6.12. The van der Waals surface area contributed by atoms with Crippen LogP contribution in [0, 0.1) is 3.82 Å². The summed E-state index contributed by atoms with van der Waals surface area (Å²) < 4.78 is 16.9. The zero-order valence-corrected chi connectivity index (χ0v) is 14.1. The molecule has 0 spiro atoms. The van der Waals surface area contributed by atoms with Gasteiger partial charge in [-0.25, -0.2) is 10.4 Å². The molecule has 1 heterocycles. The largest absolute Gasteiger partial charge is 0.493 e. The van der Waals surface area contributed by atoms with Crippen molar-refractivity contribution in [2.75, 3.05) is 40.4 Å². The van der Waals surface area contributed by atoms with Crippen LogP contribution in [0.2, 0.25) is 0 Å². The van der Waals surface area contributed by atoms with E-state index in [9.17, 15) is 0 Å². The van der Waals surface area contributed by atoms with E-state index in [0.29, 0.717) is 26.6 Å². The molecule has 0 unspecified atom stereocenters. The van der Waals surface area contributed by atoms with E-state index in [-0.39, 0.29) is 0 Å². The molecule has 0 bridgehead atoms. The van der Waals surface area contributed by atoms with Gasteiger partial charge < -0.3 is 14.2 Å². The molecule has 0 saturated heterocycles. The maximum Gasteiger partial charge on any atom is 0.205 e. The van der Waals surface area contributed by atoms with Crippen LogP contribution < -0.4 is 24.6 Å². The van der Waals surface area contributed by atoms with E-state index in [1.807, 2.05) is 20.2 Å². The normalized spacial score (nSPS) is 10.5. The molecule has 6 nitrogen and oxygen atoms in total. The van der Waals surface area contributed by atoms with E-state index in [1.54, 1.807) is 26.3 Å². The van der Waals surface area contributed by atoms with Crippen molar-refractivity contribution in [1.29, 1.82) is 0 Å². The van der Waals surface area contributed by atoms with Crippen LogP contribution in [0.15, 0.2) is 6.07 Å². The standard InChI is InChI=1S/C13H17N3O3S2/c1-14-16(2)13-15-9-7(12(20)21-13)6-8(17-3)10(18-4)11(9)19-5/h6,14H,1-5H3. The van der Waals surface area contributed by atoms with E-state index in [1.165, 1.54) is 11.3 Å². The van der Waals surface area contributed by atoms with Gasteiger partial charge in [-0.15, -0.1) is 0 Å². The Morgan fingerprint density at radius 2 is 1.86 bits per heavy atom. The molecule has 2 rings (SSSR count). The summed E-state index contributed by atoms with van der Waals surface area (Å²) in [6.45, 7) is 0. The Labute approximate surface area is 132 Å². The lowest BCUT2D eigenvalue weighted by atomic mass is 10.2. The van der Waals surface area contributed by atoms with E-state index in [4.69, 9.17) is 26.4 Å². The molecule has 0 saturated carbocycles. The first-order chi connectivity index (χ1) is 10.1. The van der Waals surface area contributed by atoms with Crippen LogP contribution in [0.1, 0.15) is 0 Å². The molecule has 0 aliphatic carbocycles. The summed E-state index contributed by atoms with van der Waals surface area (Å²) in [6, 6.07) is 1.83. The van der Waals surface area contributed by atoms with E-state index in [0.717, 1.165) is 10.5 Å². The lowest BCUT2D eigenvalue weighted by molar-refractivity contribution is 0.327. The average Bonchev–Trinajstić information content (AvgIpc) is 2.51. The topological polar surface area (TPSA) is 55.9 Å². The Balaban J connectivity index is 2.87. The van der Waals surface area contributed by atoms with Crippen molar-refractivity contribution in [2.24, 2.45) is 0 Å². The summed E-state index contributed by atoms with van der Waals surface area (Å²) >= 11 is 6.88. The van der Waals surface area contributed by atoms with Crippen LogP contribution in [-0.2, 0) is 0 Å². The third-order valence-electron chi connectivity index (χ3n) is 3.04. The predicted molar refractivity (Wildman–Crippen MR) is 87.6 cm³/mol. The Morgan fingerprint density at radius 3 is 2.38 bits per heavy atom. The van der Waals surface area contributed by atoms with Crippen LogP contribution in [0.5, 0.6) is 17.2 Å². The average molecular weight is 327 g/mol. The van der Waals surface area contributed by atoms with Gasteiger partial charge in [-0.1, -0.05) is 23.6 Å². The van der Waals surface area contributed by atoms with E-state index < -0.39 is 0 Å². The van der Waals surface area contributed by atoms with Gasteiger partial charge in [0, 0.05) is 19.5 Å². The highest BCUT2D eigenvalue weighted by atomic mass is 32.1. The fraction of sp³-hybridized carbons (Fsp3) is 0.385. The van der Waals surface area contributed by atoms with E-state index in [2.05, 4.69) is 10.4 Å². The molecule has 8 heteroatoms. The molecule has 21 heavy (non-hydrogen) atoms. The third-order valence-corrected chi connectivity index (χ3v) is 4.46. The Morgan fingerprint density at radius 1 is 1.19 bits per heavy atom. The highest BCUT2D eigenvalue weighted by Crippen LogP contribution is 2.44. The predicted octanol–water partition coefficient (Wildman–Crippen LogP) is 2.62. The number of nitrogens with one attached hydrogen (secondary N) is 1. The van der Waals surface area contributed by atoms with Gasteiger partial charge in [-0.2, -0.15) is 0 Å². The SMILES string of the molecule is CNN(C)c1nc2c(OC)c(OC)c(OC)cc2c(=S)s1. The summed E-state index contributed by atoms with van der Waals surface area (Å²) in [4.78, 5) is 4.62. The minimum absolute atomic E-state index is 0.503. The molecule has 2 aromatic rings. The highest BCUT2D eigenvalue weighted by Gasteiger charge is 2.19. The Bertz CT molecular complexity index is 718. The molecule has 0 fully saturated rings. The van der Waals surface area contributed by atoms with Gasteiger partial charge in [0.05, 0.1) is 21.3 Å². The molecule has 114 valence electrons. The molecule has 1 N–H and O–H groups in total. The van der Waals surface area contributed by atoms with Gasteiger partial charge in [0.25, 0.3) is 0 Å². The van der Waals surface area contributed by atoms with Gasteiger partial charge in [-0.3, -0.25) is 5.01 Å². The van der Waals surface area contributed by atoms with Crippen molar-refractivity contribution in [3.8, 4) is 17.2 Å². The van der Waals surface area contributed by atoms with Crippen LogP contribution in [0.3, 0.4) is 0 Å². The molecular formula is C13H17N3O3S2. The first kappa shape index (κ1) is 15.7. The van der Waals surface area contributed by atoms with Crippen molar-refractivity contribution in [3.63, 3.8) is 0 Å². The number of aromatic nitrogens is 1. The van der Waals surface area contributed by atoms with Gasteiger partial charge in [0.15, 0.2) is 11.5 Å².